The number of hydrogen-bond donors (Lipinski definition) is 0. The van der Waals surface area contributed by atoms with Gasteiger partial charge in [0.15, 0.2) is 11.4 Å². The topological polar surface area (TPSA) is 60.7 Å². The molecule has 0 spiro atoms. The summed E-state index contributed by atoms with van der Waals surface area (Å²) in [7, 11) is 0. The number of nitrogens with zero attached hydrogens (tertiary/aromatic N) is 4. The van der Waals surface area contributed by atoms with Gasteiger partial charge in [-0.1, -0.05) is 20.3 Å². The molecule has 5 nitrogen and oxygen atoms in total. The quantitative estimate of drug-likeness (QED) is 0.676. The smallest absolute Gasteiger partial charge is 0.177 e. The molecule has 6 rings (SSSR count). The molecule has 4 aliphatic carbocycles. The molecule has 0 amide bonds. The molecule has 0 aliphatic heterocycles. The monoisotopic (exact) mass is 420 g/mol. The third-order valence-corrected chi connectivity index (χ3v) is 10.2. The van der Waals surface area contributed by atoms with Crippen LogP contribution in [0.4, 0.5) is 0 Å². The van der Waals surface area contributed by atoms with Crippen LogP contribution in [-0.4, -0.2) is 25.5 Å². The second kappa shape index (κ2) is 7.38. The first-order valence-electron chi connectivity index (χ1n) is 12.7. The normalized spacial score (nSPS) is 42.1. The summed E-state index contributed by atoms with van der Waals surface area (Å²) in [4.78, 5) is 22.2. The fraction of sp³-hybridized carbons (Fsp3) is 0.769. The second-order valence-corrected chi connectivity index (χ2v) is 11.6. The fourth-order valence-electron chi connectivity index (χ4n) is 8.80. The van der Waals surface area contributed by atoms with Crippen molar-refractivity contribution in [3.63, 3.8) is 0 Å². The van der Waals surface area contributed by atoms with Crippen molar-refractivity contribution in [1.82, 2.24) is 19.7 Å². The lowest BCUT2D eigenvalue weighted by Crippen LogP contribution is -2.49. The number of fused-ring (bicyclic) bond motifs is 6. The van der Waals surface area contributed by atoms with Gasteiger partial charge in [0, 0.05) is 18.3 Å². The average molecular weight is 421 g/mol. The summed E-state index contributed by atoms with van der Waals surface area (Å²) in [5.41, 5.74) is 1.68. The van der Waals surface area contributed by atoms with Crippen molar-refractivity contribution in [2.45, 2.75) is 78.2 Å². The van der Waals surface area contributed by atoms with Crippen molar-refractivity contribution in [2.24, 2.45) is 46.8 Å². The Bertz CT molecular complexity index is 985. The first-order chi connectivity index (χ1) is 15.0. The lowest BCUT2D eigenvalue weighted by molar-refractivity contribution is -0.131. The minimum atomic E-state index is 0.179. The highest BCUT2D eigenvalue weighted by molar-refractivity contribution is 5.83. The van der Waals surface area contributed by atoms with E-state index >= 15 is 0 Å². The van der Waals surface area contributed by atoms with Crippen LogP contribution >= 0.6 is 0 Å². The molecule has 8 atom stereocenters. The maximum atomic E-state index is 13.5. The van der Waals surface area contributed by atoms with Crippen LogP contribution < -0.4 is 0 Å². The van der Waals surface area contributed by atoms with Gasteiger partial charge in [-0.05, 0) is 92.3 Å². The number of hydrogen-bond acceptors (Lipinski definition) is 4. The summed E-state index contributed by atoms with van der Waals surface area (Å²) in [6.07, 6.45) is 17.2. The van der Waals surface area contributed by atoms with E-state index in [0.717, 1.165) is 53.1 Å². The summed E-state index contributed by atoms with van der Waals surface area (Å²) in [5, 5.41) is 4.42. The lowest BCUT2D eigenvalue weighted by atomic mass is 9.49. The number of rotatable bonds is 3. The zero-order valence-corrected chi connectivity index (χ0v) is 19.0. The van der Waals surface area contributed by atoms with Gasteiger partial charge in [-0.25, -0.2) is 14.6 Å². The van der Waals surface area contributed by atoms with Crippen molar-refractivity contribution in [3.05, 3.63) is 18.6 Å². The highest BCUT2D eigenvalue weighted by atomic mass is 16.1. The highest BCUT2D eigenvalue weighted by Gasteiger charge is 2.58. The standard InChI is InChI=1S/C26H36N4O/c1-16-3-5-18-17(13-16)4-6-20-19(18)9-10-26(2)21(20)7-8-22(26)24(31)15-30-25-23(14-29-30)27-11-12-28-25/h11-12,14,16-22H,3-10,13,15H2,1-2H3/t16-,17+,18-,19+,20+,21-,22+,26-/m0/s1. The Kier molecular flexibility index (Phi) is 4.73. The molecule has 2 heterocycles. The largest absolute Gasteiger partial charge is 0.297 e. The first-order valence-corrected chi connectivity index (χ1v) is 12.7. The van der Waals surface area contributed by atoms with E-state index in [9.17, 15) is 4.79 Å². The van der Waals surface area contributed by atoms with E-state index in [1.54, 1.807) is 23.3 Å². The number of Topliss-reactive ketones (excluding diaryl/α,β-unsaturated/α-hetero) is 1. The van der Waals surface area contributed by atoms with Gasteiger partial charge in [-0.2, -0.15) is 5.10 Å². The third-order valence-electron chi connectivity index (χ3n) is 10.2. The van der Waals surface area contributed by atoms with Gasteiger partial charge < -0.3 is 0 Å². The lowest BCUT2D eigenvalue weighted by Gasteiger charge is -2.56. The molecule has 4 fully saturated rings. The van der Waals surface area contributed by atoms with E-state index in [1.165, 1.54) is 51.4 Å². The highest BCUT2D eigenvalue weighted by Crippen LogP contribution is 2.64. The third kappa shape index (κ3) is 3.09. The molecule has 0 unspecified atom stereocenters. The first kappa shape index (κ1) is 19.9. The van der Waals surface area contributed by atoms with Crippen LogP contribution in [0.3, 0.4) is 0 Å². The minimum absolute atomic E-state index is 0.179. The van der Waals surface area contributed by atoms with Gasteiger partial charge in [0.25, 0.3) is 0 Å². The van der Waals surface area contributed by atoms with Gasteiger partial charge in [-0.3, -0.25) is 4.79 Å². The Hall–Kier alpha value is -1.78. The van der Waals surface area contributed by atoms with E-state index in [1.807, 2.05) is 0 Å². The van der Waals surface area contributed by atoms with Crippen LogP contribution in [0.1, 0.15) is 71.6 Å². The van der Waals surface area contributed by atoms with Crippen molar-refractivity contribution >= 4 is 16.9 Å². The van der Waals surface area contributed by atoms with Crippen molar-refractivity contribution < 1.29 is 4.79 Å². The van der Waals surface area contributed by atoms with Crippen molar-refractivity contribution in [1.29, 1.82) is 0 Å². The zero-order valence-electron chi connectivity index (χ0n) is 19.0. The molecule has 166 valence electrons. The van der Waals surface area contributed by atoms with Crippen LogP contribution in [0.2, 0.25) is 0 Å². The molecule has 2 aromatic rings. The number of carbonyl (C=O) groups is 1. The van der Waals surface area contributed by atoms with E-state index in [-0.39, 0.29) is 11.3 Å². The predicted octanol–water partition coefficient (Wildman–Crippen LogP) is 5.30. The Morgan fingerprint density at radius 1 is 1.03 bits per heavy atom. The molecule has 0 N–H and O–H groups in total. The number of carbonyl (C=O) groups excluding carboxylic acids is 1. The number of ketones is 1. The Labute approximate surface area is 185 Å². The minimum Gasteiger partial charge on any atom is -0.297 e. The van der Waals surface area contributed by atoms with E-state index in [0.29, 0.717) is 12.3 Å². The fourth-order valence-corrected chi connectivity index (χ4v) is 8.80. The van der Waals surface area contributed by atoms with Crippen LogP contribution in [-0.2, 0) is 11.3 Å². The summed E-state index contributed by atoms with van der Waals surface area (Å²) in [6.45, 7) is 5.26. The maximum absolute atomic E-state index is 13.5. The Morgan fingerprint density at radius 2 is 1.87 bits per heavy atom. The SMILES string of the molecule is C[C@H]1CC[C@H]2[C@H](CC[C@@H]3[C@@H]2CC[C@]2(C)[C@@H](C(=O)Cn4ncc5nccnc54)CC[C@@H]32)C1. The van der Waals surface area contributed by atoms with Gasteiger partial charge in [0.2, 0.25) is 0 Å². The van der Waals surface area contributed by atoms with E-state index in [4.69, 9.17) is 0 Å². The predicted molar refractivity (Wildman–Crippen MR) is 120 cm³/mol. The molecule has 31 heavy (non-hydrogen) atoms. The van der Waals surface area contributed by atoms with Gasteiger partial charge in [-0.15, -0.1) is 0 Å². The molecule has 0 aromatic carbocycles. The second-order valence-electron chi connectivity index (χ2n) is 11.6. The summed E-state index contributed by atoms with van der Waals surface area (Å²) in [6, 6.07) is 0. The van der Waals surface area contributed by atoms with E-state index < -0.39 is 0 Å². The van der Waals surface area contributed by atoms with Crippen LogP contribution in [0.15, 0.2) is 18.6 Å². The Morgan fingerprint density at radius 3 is 2.77 bits per heavy atom. The van der Waals surface area contributed by atoms with Crippen LogP contribution in [0, 0.1) is 46.8 Å². The van der Waals surface area contributed by atoms with Crippen molar-refractivity contribution in [2.75, 3.05) is 0 Å². The van der Waals surface area contributed by atoms with Crippen LogP contribution in [0.5, 0.6) is 0 Å². The van der Waals surface area contributed by atoms with E-state index in [2.05, 4.69) is 28.9 Å². The molecule has 0 bridgehead atoms. The molecule has 4 saturated carbocycles. The van der Waals surface area contributed by atoms with Gasteiger partial charge >= 0.3 is 0 Å². The molecular weight excluding hydrogens is 384 g/mol. The van der Waals surface area contributed by atoms with Gasteiger partial charge in [0.1, 0.15) is 12.1 Å². The summed E-state index contributed by atoms with van der Waals surface area (Å²) in [5.74, 6) is 5.98. The molecule has 2 aromatic heterocycles. The summed E-state index contributed by atoms with van der Waals surface area (Å²) >= 11 is 0. The van der Waals surface area contributed by atoms with Crippen molar-refractivity contribution in [3.8, 4) is 0 Å². The Balaban J connectivity index is 1.20. The molecular formula is C26H36N4O. The maximum Gasteiger partial charge on any atom is 0.177 e. The molecule has 0 radical (unpaired) electrons. The summed E-state index contributed by atoms with van der Waals surface area (Å²) < 4.78 is 1.77. The van der Waals surface area contributed by atoms with Gasteiger partial charge in [0.05, 0.1) is 6.20 Å². The average Bonchev–Trinajstić information content (AvgIpc) is 3.34. The molecule has 4 aliphatic rings. The molecule has 0 saturated heterocycles. The molecule has 5 heteroatoms. The van der Waals surface area contributed by atoms with Crippen LogP contribution in [0.25, 0.3) is 11.2 Å². The number of aromatic nitrogens is 4. The zero-order chi connectivity index (χ0) is 21.2.